The molecule has 10 nitrogen and oxygen atoms in total. The van der Waals surface area contributed by atoms with Crippen molar-refractivity contribution in [3.05, 3.63) is 80.0 Å². The number of aromatic nitrogens is 2. The molecule has 0 saturated heterocycles. The standard InChI is InChI=1S/2C11H11BrN2O3S/c2*1-7-5-3-4-6-9(7)18(15,16)14-11-10(12)8(2)13-17-11/h2*3-6,14H,1-2H3. The van der Waals surface area contributed by atoms with E-state index in [0.29, 0.717) is 31.5 Å². The number of halogens is 2. The van der Waals surface area contributed by atoms with Crippen molar-refractivity contribution in [1.29, 1.82) is 0 Å². The summed E-state index contributed by atoms with van der Waals surface area (Å²) in [5.74, 6) is 0.159. The van der Waals surface area contributed by atoms with Crippen LogP contribution in [0.5, 0.6) is 0 Å². The number of aryl methyl sites for hydroxylation is 4. The van der Waals surface area contributed by atoms with Crippen molar-refractivity contribution < 1.29 is 25.9 Å². The Kier molecular flexibility index (Phi) is 8.64. The quantitative estimate of drug-likeness (QED) is 0.267. The first-order valence-corrected chi connectivity index (χ1v) is 14.8. The van der Waals surface area contributed by atoms with Crippen molar-refractivity contribution in [1.82, 2.24) is 10.3 Å². The minimum absolute atomic E-state index is 0.0794. The summed E-state index contributed by atoms with van der Waals surface area (Å²) in [6, 6.07) is 13.4. The van der Waals surface area contributed by atoms with Crippen molar-refractivity contribution in [2.75, 3.05) is 9.44 Å². The Balaban J connectivity index is 0.000000201. The second-order valence-corrected chi connectivity index (χ2v) is 12.5. The van der Waals surface area contributed by atoms with E-state index in [1.165, 1.54) is 12.1 Å². The van der Waals surface area contributed by atoms with E-state index >= 15 is 0 Å². The van der Waals surface area contributed by atoms with Crippen LogP contribution in [0.2, 0.25) is 0 Å². The van der Waals surface area contributed by atoms with Gasteiger partial charge in [0, 0.05) is 0 Å². The summed E-state index contributed by atoms with van der Waals surface area (Å²) in [6.45, 7) is 6.88. The fraction of sp³-hybridized carbons (Fsp3) is 0.182. The molecule has 0 spiro atoms. The van der Waals surface area contributed by atoms with Crippen LogP contribution >= 0.6 is 31.9 Å². The molecule has 0 aliphatic rings. The van der Waals surface area contributed by atoms with Crippen molar-refractivity contribution in [2.45, 2.75) is 37.5 Å². The van der Waals surface area contributed by atoms with Crippen LogP contribution in [-0.2, 0) is 20.0 Å². The maximum atomic E-state index is 12.2. The van der Waals surface area contributed by atoms with Crippen LogP contribution in [-0.4, -0.2) is 27.1 Å². The number of anilines is 2. The van der Waals surface area contributed by atoms with Gasteiger partial charge in [0.2, 0.25) is 0 Å². The maximum Gasteiger partial charge on any atom is 0.264 e. The van der Waals surface area contributed by atoms with E-state index in [2.05, 4.69) is 51.6 Å². The Morgan fingerprint density at radius 1 is 0.639 bits per heavy atom. The second-order valence-electron chi connectivity index (χ2n) is 7.56. The molecule has 36 heavy (non-hydrogen) atoms. The van der Waals surface area contributed by atoms with Gasteiger partial charge >= 0.3 is 0 Å². The van der Waals surface area contributed by atoms with E-state index in [1.54, 1.807) is 64.1 Å². The van der Waals surface area contributed by atoms with Crippen molar-refractivity contribution >= 4 is 63.7 Å². The number of benzene rings is 2. The first kappa shape index (κ1) is 27.9. The largest absolute Gasteiger partial charge is 0.336 e. The third-order valence-electron chi connectivity index (χ3n) is 4.80. The molecular formula is C22H22Br2N4O6S2. The molecule has 4 rings (SSSR count). The molecule has 0 saturated carbocycles. The van der Waals surface area contributed by atoms with Gasteiger partial charge in [0.05, 0.1) is 21.2 Å². The van der Waals surface area contributed by atoms with Crippen LogP contribution in [0, 0.1) is 27.7 Å². The Hall–Kier alpha value is -2.68. The molecule has 192 valence electrons. The van der Waals surface area contributed by atoms with Crippen LogP contribution < -0.4 is 9.44 Å². The van der Waals surface area contributed by atoms with Crippen LogP contribution in [0.3, 0.4) is 0 Å². The van der Waals surface area contributed by atoms with E-state index in [0.717, 1.165) is 0 Å². The van der Waals surface area contributed by atoms with Gasteiger partial charge in [-0.2, -0.15) is 0 Å². The van der Waals surface area contributed by atoms with Gasteiger partial charge in [-0.05, 0) is 82.8 Å². The van der Waals surface area contributed by atoms with Crippen molar-refractivity contribution in [2.24, 2.45) is 0 Å². The molecule has 0 bridgehead atoms. The minimum atomic E-state index is -3.67. The van der Waals surface area contributed by atoms with E-state index < -0.39 is 20.0 Å². The zero-order chi connectivity index (χ0) is 26.7. The predicted molar refractivity (Wildman–Crippen MR) is 142 cm³/mol. The van der Waals surface area contributed by atoms with Crippen LogP contribution in [0.25, 0.3) is 0 Å². The van der Waals surface area contributed by atoms with Crippen LogP contribution in [0.4, 0.5) is 11.8 Å². The van der Waals surface area contributed by atoms with Gasteiger partial charge in [-0.25, -0.2) is 26.3 Å². The summed E-state index contributed by atoms with van der Waals surface area (Å²) in [7, 11) is -7.33. The molecule has 0 fully saturated rings. The lowest BCUT2D eigenvalue weighted by Gasteiger charge is -2.07. The number of hydrogen-bond donors (Lipinski definition) is 2. The van der Waals surface area contributed by atoms with Gasteiger partial charge in [-0.15, -0.1) is 0 Å². The predicted octanol–water partition coefficient (Wildman–Crippen LogP) is 5.71. The molecule has 14 heteroatoms. The summed E-state index contributed by atoms with van der Waals surface area (Å²) >= 11 is 6.42. The molecule has 2 N–H and O–H groups in total. The van der Waals surface area contributed by atoms with Gasteiger partial charge < -0.3 is 9.05 Å². The van der Waals surface area contributed by atoms with Gasteiger partial charge in [0.15, 0.2) is 0 Å². The second kappa shape index (κ2) is 11.2. The van der Waals surface area contributed by atoms with Crippen LogP contribution in [0.1, 0.15) is 22.5 Å². The molecule has 0 aliphatic heterocycles. The summed E-state index contributed by atoms with van der Waals surface area (Å²) in [4.78, 5) is 0.428. The lowest BCUT2D eigenvalue weighted by Crippen LogP contribution is -2.14. The molecular weight excluding hydrogens is 640 g/mol. The smallest absolute Gasteiger partial charge is 0.264 e. The molecule has 2 heterocycles. The van der Waals surface area contributed by atoms with Crippen molar-refractivity contribution in [3.63, 3.8) is 0 Å². The average Bonchev–Trinajstić information content (AvgIpc) is 3.29. The summed E-state index contributed by atoms with van der Waals surface area (Å²) in [5, 5.41) is 7.34. The van der Waals surface area contributed by atoms with Crippen LogP contribution in [0.15, 0.2) is 76.3 Å². The summed E-state index contributed by atoms with van der Waals surface area (Å²) in [5.41, 5.74) is 2.49. The lowest BCUT2D eigenvalue weighted by atomic mass is 10.2. The Morgan fingerprint density at radius 2 is 0.972 bits per heavy atom. The van der Waals surface area contributed by atoms with Gasteiger partial charge in [0.25, 0.3) is 31.8 Å². The number of nitrogens with zero attached hydrogens (tertiary/aromatic N) is 2. The highest BCUT2D eigenvalue weighted by molar-refractivity contribution is 9.11. The number of nitrogens with one attached hydrogen (secondary N) is 2. The number of sulfonamides is 2. The molecule has 0 amide bonds. The Morgan fingerprint density at radius 3 is 1.25 bits per heavy atom. The average molecular weight is 662 g/mol. The molecule has 2 aromatic carbocycles. The zero-order valence-electron chi connectivity index (χ0n) is 19.5. The third-order valence-corrected chi connectivity index (χ3v) is 9.65. The molecule has 0 unspecified atom stereocenters. The number of hydrogen-bond acceptors (Lipinski definition) is 8. The van der Waals surface area contributed by atoms with Gasteiger partial charge in [-0.3, -0.25) is 0 Å². The SMILES string of the molecule is Cc1ccccc1S(=O)(=O)Nc1onc(C)c1Br.Cc1ccccc1S(=O)(=O)Nc1onc(C)c1Br. The Bertz CT molecular complexity index is 1480. The highest BCUT2D eigenvalue weighted by atomic mass is 79.9. The fourth-order valence-electron chi connectivity index (χ4n) is 2.91. The van der Waals surface area contributed by atoms with E-state index in [9.17, 15) is 16.8 Å². The molecule has 4 aromatic rings. The fourth-order valence-corrected chi connectivity index (χ4v) is 6.15. The number of rotatable bonds is 6. The molecule has 2 aromatic heterocycles. The lowest BCUT2D eigenvalue weighted by molar-refractivity contribution is 0.430. The third kappa shape index (κ3) is 6.35. The van der Waals surface area contributed by atoms with Crippen molar-refractivity contribution in [3.8, 4) is 0 Å². The highest BCUT2D eigenvalue weighted by Crippen LogP contribution is 2.29. The molecule has 0 aliphatic carbocycles. The minimum Gasteiger partial charge on any atom is -0.336 e. The maximum absolute atomic E-state index is 12.2. The summed E-state index contributed by atoms with van der Waals surface area (Å²) in [6.07, 6.45) is 0. The summed E-state index contributed by atoms with van der Waals surface area (Å²) < 4.78 is 64.2. The van der Waals surface area contributed by atoms with E-state index in [1.807, 2.05) is 0 Å². The first-order valence-electron chi connectivity index (χ1n) is 10.2. The first-order chi connectivity index (χ1) is 16.8. The highest BCUT2D eigenvalue weighted by Gasteiger charge is 2.22. The normalized spacial score (nSPS) is 11.5. The zero-order valence-corrected chi connectivity index (χ0v) is 24.3. The molecule has 0 atom stereocenters. The monoisotopic (exact) mass is 660 g/mol. The van der Waals surface area contributed by atoms with E-state index in [-0.39, 0.29) is 21.6 Å². The molecule has 0 radical (unpaired) electrons. The van der Waals surface area contributed by atoms with Gasteiger partial charge in [0.1, 0.15) is 8.95 Å². The van der Waals surface area contributed by atoms with E-state index in [4.69, 9.17) is 9.05 Å². The van der Waals surface area contributed by atoms with Gasteiger partial charge in [-0.1, -0.05) is 46.7 Å². The topological polar surface area (TPSA) is 144 Å². The Labute approximate surface area is 225 Å².